The third kappa shape index (κ3) is 5.96. The summed E-state index contributed by atoms with van der Waals surface area (Å²) in [5.41, 5.74) is -1.50. The van der Waals surface area contributed by atoms with Gasteiger partial charge in [0.25, 0.3) is 5.56 Å². The van der Waals surface area contributed by atoms with E-state index in [0.29, 0.717) is 0 Å². The van der Waals surface area contributed by atoms with E-state index in [1.165, 1.54) is 19.1 Å². The fourth-order valence-corrected chi connectivity index (χ4v) is 4.57. The van der Waals surface area contributed by atoms with Gasteiger partial charge in [-0.1, -0.05) is 18.2 Å². The summed E-state index contributed by atoms with van der Waals surface area (Å²) in [4.78, 5) is 37.1. The first-order chi connectivity index (χ1) is 15.6. The smallest absolute Gasteiger partial charge is 0.459 e. The van der Waals surface area contributed by atoms with E-state index in [2.05, 4.69) is 9.82 Å². The van der Waals surface area contributed by atoms with E-state index in [0.717, 1.165) is 23.9 Å². The molecule has 2 aromatic rings. The predicted molar refractivity (Wildman–Crippen MR) is 112 cm³/mol. The molecule has 13 nitrogen and oxygen atoms in total. The third-order valence-corrected chi connectivity index (χ3v) is 6.39. The van der Waals surface area contributed by atoms with Gasteiger partial charge in [0, 0.05) is 12.3 Å². The van der Waals surface area contributed by atoms with Gasteiger partial charge in [-0.25, -0.2) is 9.36 Å². The van der Waals surface area contributed by atoms with Gasteiger partial charge in [-0.15, -0.1) is 0 Å². The topological polar surface area (TPSA) is 178 Å². The maximum atomic E-state index is 13.3. The number of aromatic amines is 1. The molecule has 3 rings (SSSR count). The van der Waals surface area contributed by atoms with Gasteiger partial charge < -0.3 is 24.2 Å². The first-order valence-electron chi connectivity index (χ1n) is 9.81. The summed E-state index contributed by atoms with van der Waals surface area (Å²) in [6.45, 7) is 0.845. The highest BCUT2D eigenvalue weighted by Crippen LogP contribution is 2.45. The van der Waals surface area contributed by atoms with E-state index >= 15 is 0 Å². The SMILES string of the molecule is COC(=O)[C@H](C)NP(=O)(OC[C@H]1O[C@@H](n2ccc(=O)[nH]c2=O)[C@@H](O)[C@@H]1O)Oc1ccccc1. The third-order valence-electron chi connectivity index (χ3n) is 4.75. The van der Waals surface area contributed by atoms with Gasteiger partial charge >= 0.3 is 19.4 Å². The van der Waals surface area contributed by atoms with Crippen molar-refractivity contribution in [1.29, 1.82) is 0 Å². The minimum absolute atomic E-state index is 0.177. The van der Waals surface area contributed by atoms with Gasteiger partial charge in [0.05, 0.1) is 13.7 Å². The van der Waals surface area contributed by atoms with Crippen LogP contribution in [0.1, 0.15) is 13.2 Å². The number of carbonyl (C=O) groups is 1. The van der Waals surface area contributed by atoms with Crippen LogP contribution in [0.2, 0.25) is 0 Å². The van der Waals surface area contributed by atoms with Crippen LogP contribution in [0.4, 0.5) is 0 Å². The lowest BCUT2D eigenvalue weighted by Crippen LogP contribution is -2.38. The molecule has 0 bridgehead atoms. The second-order valence-electron chi connectivity index (χ2n) is 7.14. The van der Waals surface area contributed by atoms with E-state index in [9.17, 15) is 29.2 Å². The number of hydrogen-bond acceptors (Lipinski definition) is 10. The number of para-hydroxylation sites is 1. The van der Waals surface area contributed by atoms with E-state index in [1.54, 1.807) is 18.2 Å². The number of aromatic nitrogens is 2. The molecular formula is C19H24N3O10P. The fraction of sp³-hybridized carbons (Fsp3) is 0.421. The van der Waals surface area contributed by atoms with Gasteiger partial charge in [-0.3, -0.25) is 23.7 Å². The molecule has 14 heteroatoms. The average molecular weight is 485 g/mol. The van der Waals surface area contributed by atoms with Crippen LogP contribution >= 0.6 is 7.75 Å². The van der Waals surface area contributed by atoms with Crippen molar-refractivity contribution in [2.75, 3.05) is 13.7 Å². The quantitative estimate of drug-likeness (QED) is 0.266. The van der Waals surface area contributed by atoms with Gasteiger partial charge in [0.2, 0.25) is 0 Å². The van der Waals surface area contributed by atoms with Crippen molar-refractivity contribution < 1.29 is 38.1 Å². The molecule has 1 saturated heterocycles. The molecule has 0 amide bonds. The molecule has 2 heterocycles. The van der Waals surface area contributed by atoms with Crippen molar-refractivity contribution in [2.45, 2.75) is 37.5 Å². The van der Waals surface area contributed by atoms with E-state index in [4.69, 9.17) is 13.8 Å². The largest absolute Gasteiger partial charge is 0.468 e. The number of aliphatic hydroxyl groups excluding tert-OH is 2. The molecule has 1 aromatic carbocycles. The number of esters is 1. The summed E-state index contributed by atoms with van der Waals surface area (Å²) < 4.78 is 35.2. The van der Waals surface area contributed by atoms with Crippen molar-refractivity contribution in [1.82, 2.24) is 14.6 Å². The lowest BCUT2D eigenvalue weighted by atomic mass is 10.1. The molecule has 1 aliphatic heterocycles. The Morgan fingerprint density at radius 2 is 1.94 bits per heavy atom. The molecule has 4 N–H and O–H groups in total. The Morgan fingerprint density at radius 3 is 2.58 bits per heavy atom. The molecule has 1 aliphatic rings. The van der Waals surface area contributed by atoms with Gasteiger partial charge in [0.15, 0.2) is 6.23 Å². The summed E-state index contributed by atoms with van der Waals surface area (Å²) >= 11 is 0. The maximum absolute atomic E-state index is 13.3. The van der Waals surface area contributed by atoms with E-state index < -0.39 is 62.2 Å². The second-order valence-corrected chi connectivity index (χ2v) is 8.83. The Kier molecular flexibility index (Phi) is 7.84. The number of rotatable bonds is 9. The average Bonchev–Trinajstić information content (AvgIpc) is 3.06. The Morgan fingerprint density at radius 1 is 1.24 bits per heavy atom. The van der Waals surface area contributed by atoms with Crippen LogP contribution in [0.25, 0.3) is 0 Å². The molecule has 6 atom stereocenters. The Labute approximate surface area is 187 Å². The number of benzene rings is 1. The molecule has 1 unspecified atom stereocenters. The zero-order valence-corrected chi connectivity index (χ0v) is 18.6. The zero-order chi connectivity index (χ0) is 24.2. The lowest BCUT2D eigenvalue weighted by Gasteiger charge is -2.24. The van der Waals surface area contributed by atoms with Crippen molar-refractivity contribution >= 4 is 13.7 Å². The molecule has 1 aromatic heterocycles. The fourth-order valence-electron chi connectivity index (χ4n) is 3.07. The summed E-state index contributed by atoms with van der Waals surface area (Å²) in [7, 11) is -3.05. The number of aliphatic hydroxyl groups is 2. The van der Waals surface area contributed by atoms with Crippen molar-refractivity contribution in [2.24, 2.45) is 0 Å². The van der Waals surface area contributed by atoms with Crippen molar-refractivity contribution in [3.63, 3.8) is 0 Å². The highest BCUT2D eigenvalue weighted by atomic mass is 31.2. The van der Waals surface area contributed by atoms with Crippen LogP contribution in [0.15, 0.2) is 52.2 Å². The Bertz CT molecular complexity index is 1120. The standard InChI is InChI=1S/C19H24N3O10P/c1-11(18(26)29-2)21-33(28,32-12-6-4-3-5-7-12)30-10-13-15(24)16(25)17(31-13)22-9-8-14(23)20-19(22)27/h3-9,11,13,15-17,24-25H,10H2,1-2H3,(H,21,28)(H,20,23,27)/t11-,13+,15+,16-,17+,33?/m0/s1. The number of ether oxygens (including phenoxy) is 2. The minimum atomic E-state index is -4.21. The van der Waals surface area contributed by atoms with Crippen LogP contribution in [-0.4, -0.2) is 63.8 Å². The normalized spacial score (nSPS) is 25.2. The number of H-pyrrole nitrogens is 1. The zero-order valence-electron chi connectivity index (χ0n) is 17.7. The van der Waals surface area contributed by atoms with Crippen molar-refractivity contribution in [3.05, 3.63) is 63.4 Å². The van der Waals surface area contributed by atoms with Gasteiger partial charge in [-0.05, 0) is 19.1 Å². The Hall–Kier alpha value is -2.80. The monoisotopic (exact) mass is 485 g/mol. The van der Waals surface area contributed by atoms with E-state index in [1.807, 2.05) is 4.98 Å². The predicted octanol–water partition coefficient (Wildman–Crippen LogP) is -0.489. The molecule has 180 valence electrons. The highest BCUT2D eigenvalue weighted by Gasteiger charge is 2.45. The number of nitrogens with one attached hydrogen (secondary N) is 2. The van der Waals surface area contributed by atoms with Gasteiger partial charge in [-0.2, -0.15) is 5.09 Å². The first-order valence-corrected chi connectivity index (χ1v) is 11.4. The number of nitrogens with zero attached hydrogens (tertiary/aromatic N) is 1. The molecule has 0 aliphatic carbocycles. The van der Waals surface area contributed by atoms with E-state index in [-0.39, 0.29) is 5.75 Å². The van der Waals surface area contributed by atoms with Crippen LogP contribution in [0.5, 0.6) is 5.75 Å². The molecule has 0 saturated carbocycles. The van der Waals surface area contributed by atoms with Crippen LogP contribution in [0.3, 0.4) is 0 Å². The lowest BCUT2D eigenvalue weighted by molar-refractivity contribution is -0.142. The molecule has 0 spiro atoms. The van der Waals surface area contributed by atoms with Crippen LogP contribution in [-0.2, 0) is 23.4 Å². The van der Waals surface area contributed by atoms with Gasteiger partial charge in [0.1, 0.15) is 30.1 Å². The number of hydrogen-bond donors (Lipinski definition) is 4. The summed E-state index contributed by atoms with van der Waals surface area (Å²) in [6, 6.07) is 8.00. The molecular weight excluding hydrogens is 461 g/mol. The Balaban J connectivity index is 1.76. The van der Waals surface area contributed by atoms with Crippen LogP contribution < -0.4 is 20.9 Å². The van der Waals surface area contributed by atoms with Crippen molar-refractivity contribution in [3.8, 4) is 5.75 Å². The number of carbonyl (C=O) groups excluding carboxylic acids is 1. The maximum Gasteiger partial charge on any atom is 0.459 e. The molecule has 33 heavy (non-hydrogen) atoms. The van der Waals surface area contributed by atoms with Crippen LogP contribution in [0, 0.1) is 0 Å². The molecule has 1 fully saturated rings. The summed E-state index contributed by atoms with van der Waals surface area (Å²) in [6.07, 6.45) is -4.55. The second kappa shape index (κ2) is 10.4. The molecule has 0 radical (unpaired) electrons. The number of methoxy groups -OCH3 is 1. The highest BCUT2D eigenvalue weighted by molar-refractivity contribution is 7.52. The minimum Gasteiger partial charge on any atom is -0.468 e. The summed E-state index contributed by atoms with van der Waals surface area (Å²) in [5.74, 6) is -0.545. The summed E-state index contributed by atoms with van der Waals surface area (Å²) in [5, 5.41) is 23.1. The first kappa shape index (κ1) is 24.8.